The standard InChI is InChI=1S/C19H17FN4O3/c1-26-16-8-5-13(9-17(16)27-2)19(25)24-22-11-14-10-21-23-18(14)12-3-6-15(20)7-4-12/h3-11H,1-2H3,(H,21,23)(H,24,25). The highest BCUT2D eigenvalue weighted by Gasteiger charge is 2.10. The van der Waals surface area contributed by atoms with Gasteiger partial charge in [0.25, 0.3) is 5.91 Å². The Labute approximate surface area is 154 Å². The van der Waals surface area contributed by atoms with E-state index in [-0.39, 0.29) is 5.82 Å². The maximum Gasteiger partial charge on any atom is 0.271 e. The van der Waals surface area contributed by atoms with Crippen molar-refractivity contribution in [2.45, 2.75) is 0 Å². The lowest BCUT2D eigenvalue weighted by Crippen LogP contribution is -2.17. The molecular formula is C19H17FN4O3. The van der Waals surface area contributed by atoms with Crippen LogP contribution in [0.2, 0.25) is 0 Å². The molecule has 3 aromatic rings. The van der Waals surface area contributed by atoms with Gasteiger partial charge in [0, 0.05) is 16.7 Å². The number of benzene rings is 2. The molecule has 138 valence electrons. The molecule has 0 aliphatic heterocycles. The van der Waals surface area contributed by atoms with E-state index in [2.05, 4.69) is 20.7 Å². The number of halogens is 1. The van der Waals surface area contributed by atoms with E-state index in [0.717, 1.165) is 5.56 Å². The number of aromatic amines is 1. The van der Waals surface area contributed by atoms with Crippen molar-refractivity contribution >= 4 is 12.1 Å². The maximum atomic E-state index is 13.1. The van der Waals surface area contributed by atoms with Crippen LogP contribution in [0.1, 0.15) is 15.9 Å². The Morgan fingerprint density at radius 2 is 1.89 bits per heavy atom. The summed E-state index contributed by atoms with van der Waals surface area (Å²) in [4.78, 5) is 12.2. The van der Waals surface area contributed by atoms with Gasteiger partial charge >= 0.3 is 0 Å². The minimum atomic E-state index is -0.404. The SMILES string of the molecule is COc1ccc(C(=O)NN=Cc2cn[nH]c2-c2ccc(F)cc2)cc1OC. The van der Waals surface area contributed by atoms with Crippen molar-refractivity contribution in [1.82, 2.24) is 15.6 Å². The zero-order valence-corrected chi connectivity index (χ0v) is 14.7. The summed E-state index contributed by atoms with van der Waals surface area (Å²) in [6.07, 6.45) is 3.02. The normalized spacial score (nSPS) is 10.8. The van der Waals surface area contributed by atoms with Crippen molar-refractivity contribution in [3.8, 4) is 22.8 Å². The minimum Gasteiger partial charge on any atom is -0.493 e. The Hall–Kier alpha value is -3.68. The molecule has 1 amide bonds. The molecule has 0 radical (unpaired) electrons. The van der Waals surface area contributed by atoms with Crippen LogP contribution < -0.4 is 14.9 Å². The van der Waals surface area contributed by atoms with Crippen LogP contribution >= 0.6 is 0 Å². The lowest BCUT2D eigenvalue weighted by atomic mass is 10.1. The molecule has 1 aromatic heterocycles. The van der Waals surface area contributed by atoms with Gasteiger partial charge < -0.3 is 9.47 Å². The van der Waals surface area contributed by atoms with Gasteiger partial charge in [0.15, 0.2) is 11.5 Å². The number of ether oxygens (including phenoxy) is 2. The number of H-pyrrole nitrogens is 1. The number of rotatable bonds is 6. The Morgan fingerprint density at radius 3 is 2.59 bits per heavy atom. The molecule has 0 saturated carbocycles. The fourth-order valence-corrected chi connectivity index (χ4v) is 2.44. The quantitative estimate of drug-likeness (QED) is 0.517. The van der Waals surface area contributed by atoms with Crippen molar-refractivity contribution in [3.05, 3.63) is 65.6 Å². The zero-order chi connectivity index (χ0) is 19.2. The van der Waals surface area contributed by atoms with Gasteiger partial charge in [-0.1, -0.05) is 0 Å². The van der Waals surface area contributed by atoms with Crippen LogP contribution in [-0.4, -0.2) is 36.5 Å². The third-order valence-corrected chi connectivity index (χ3v) is 3.82. The first kappa shape index (κ1) is 18.1. The monoisotopic (exact) mass is 368 g/mol. The number of carbonyl (C=O) groups is 1. The summed E-state index contributed by atoms with van der Waals surface area (Å²) in [5.74, 6) is 0.247. The number of hydrogen-bond acceptors (Lipinski definition) is 5. The van der Waals surface area contributed by atoms with Crippen molar-refractivity contribution in [2.75, 3.05) is 14.2 Å². The van der Waals surface area contributed by atoms with E-state index in [0.29, 0.717) is 28.3 Å². The first-order valence-electron chi connectivity index (χ1n) is 7.97. The summed E-state index contributed by atoms with van der Waals surface area (Å²) in [5.41, 5.74) is 4.88. The molecule has 2 N–H and O–H groups in total. The van der Waals surface area contributed by atoms with Crippen LogP contribution in [0, 0.1) is 5.82 Å². The Morgan fingerprint density at radius 1 is 1.15 bits per heavy atom. The summed E-state index contributed by atoms with van der Waals surface area (Å²) in [6.45, 7) is 0. The van der Waals surface area contributed by atoms with Crippen molar-refractivity contribution in [1.29, 1.82) is 0 Å². The maximum absolute atomic E-state index is 13.1. The molecule has 0 unspecified atom stereocenters. The highest BCUT2D eigenvalue weighted by atomic mass is 19.1. The van der Waals surface area contributed by atoms with Crippen LogP contribution in [0.4, 0.5) is 4.39 Å². The molecule has 0 fully saturated rings. The van der Waals surface area contributed by atoms with E-state index < -0.39 is 5.91 Å². The lowest BCUT2D eigenvalue weighted by molar-refractivity contribution is 0.0954. The topological polar surface area (TPSA) is 88.6 Å². The molecule has 0 aliphatic rings. The third kappa shape index (κ3) is 4.12. The van der Waals surface area contributed by atoms with E-state index in [1.54, 1.807) is 36.5 Å². The van der Waals surface area contributed by atoms with Gasteiger partial charge in [0.2, 0.25) is 0 Å². The second-order valence-electron chi connectivity index (χ2n) is 5.48. The Bertz CT molecular complexity index is 967. The summed E-state index contributed by atoms with van der Waals surface area (Å²) in [6, 6.07) is 10.8. The number of nitrogens with zero attached hydrogens (tertiary/aromatic N) is 2. The Kier molecular flexibility index (Phi) is 5.46. The molecule has 8 heteroatoms. The van der Waals surface area contributed by atoms with E-state index in [1.807, 2.05) is 0 Å². The summed E-state index contributed by atoms with van der Waals surface area (Å²) in [7, 11) is 3.01. The largest absolute Gasteiger partial charge is 0.493 e. The van der Waals surface area contributed by atoms with Crippen LogP contribution in [0.15, 0.2) is 53.8 Å². The number of carbonyl (C=O) groups excluding carboxylic acids is 1. The molecule has 27 heavy (non-hydrogen) atoms. The molecular weight excluding hydrogens is 351 g/mol. The lowest BCUT2D eigenvalue weighted by Gasteiger charge is -2.08. The highest BCUT2D eigenvalue weighted by Crippen LogP contribution is 2.27. The molecule has 3 rings (SSSR count). The van der Waals surface area contributed by atoms with Crippen LogP contribution in [-0.2, 0) is 0 Å². The highest BCUT2D eigenvalue weighted by molar-refractivity contribution is 5.96. The smallest absolute Gasteiger partial charge is 0.271 e. The first-order chi connectivity index (χ1) is 13.1. The molecule has 1 heterocycles. The fourth-order valence-electron chi connectivity index (χ4n) is 2.44. The van der Waals surface area contributed by atoms with Gasteiger partial charge in [-0.25, -0.2) is 9.82 Å². The molecule has 2 aromatic carbocycles. The summed E-state index contributed by atoms with van der Waals surface area (Å²) < 4.78 is 23.4. The number of methoxy groups -OCH3 is 2. The van der Waals surface area contributed by atoms with Crippen molar-refractivity contribution in [2.24, 2.45) is 5.10 Å². The third-order valence-electron chi connectivity index (χ3n) is 3.82. The van der Waals surface area contributed by atoms with Gasteiger partial charge in [-0.15, -0.1) is 0 Å². The number of aromatic nitrogens is 2. The van der Waals surface area contributed by atoms with Crippen LogP contribution in [0.3, 0.4) is 0 Å². The van der Waals surface area contributed by atoms with E-state index in [4.69, 9.17) is 9.47 Å². The number of amides is 1. The van der Waals surface area contributed by atoms with E-state index >= 15 is 0 Å². The number of hydrogen-bond donors (Lipinski definition) is 2. The van der Waals surface area contributed by atoms with E-state index in [9.17, 15) is 9.18 Å². The molecule has 0 spiro atoms. The fraction of sp³-hybridized carbons (Fsp3) is 0.105. The molecule has 0 atom stereocenters. The number of hydrazone groups is 1. The zero-order valence-electron chi connectivity index (χ0n) is 14.7. The molecule has 0 aliphatic carbocycles. The van der Waals surface area contributed by atoms with Gasteiger partial charge in [0.05, 0.1) is 32.3 Å². The van der Waals surface area contributed by atoms with Gasteiger partial charge in [-0.2, -0.15) is 10.2 Å². The van der Waals surface area contributed by atoms with Gasteiger partial charge in [-0.3, -0.25) is 9.89 Å². The first-order valence-corrected chi connectivity index (χ1v) is 7.97. The minimum absolute atomic E-state index is 0.323. The average molecular weight is 368 g/mol. The van der Waals surface area contributed by atoms with Gasteiger partial charge in [0.1, 0.15) is 5.82 Å². The second-order valence-corrected chi connectivity index (χ2v) is 5.48. The average Bonchev–Trinajstić information content (AvgIpc) is 3.16. The predicted octanol–water partition coefficient (Wildman–Crippen LogP) is 3.00. The second kappa shape index (κ2) is 8.13. The van der Waals surface area contributed by atoms with Crippen molar-refractivity contribution in [3.63, 3.8) is 0 Å². The summed E-state index contributed by atoms with van der Waals surface area (Å²) in [5, 5.41) is 10.8. The van der Waals surface area contributed by atoms with Crippen molar-refractivity contribution < 1.29 is 18.7 Å². The summed E-state index contributed by atoms with van der Waals surface area (Å²) >= 11 is 0. The van der Waals surface area contributed by atoms with Crippen LogP contribution in [0.5, 0.6) is 11.5 Å². The Balaban J connectivity index is 1.72. The van der Waals surface area contributed by atoms with E-state index in [1.165, 1.54) is 32.6 Å². The number of nitrogens with one attached hydrogen (secondary N) is 2. The van der Waals surface area contributed by atoms with Crippen LogP contribution in [0.25, 0.3) is 11.3 Å². The predicted molar refractivity (Wildman–Crippen MR) is 98.6 cm³/mol. The molecule has 0 saturated heterocycles. The van der Waals surface area contributed by atoms with Gasteiger partial charge in [-0.05, 0) is 42.5 Å². The molecule has 7 nitrogen and oxygen atoms in total. The molecule has 0 bridgehead atoms.